The summed E-state index contributed by atoms with van der Waals surface area (Å²) in [6.07, 6.45) is -7.39. The number of fused-ring (bicyclic) bond motifs is 1. The number of hydrogen-bond donors (Lipinski definition) is 1. The number of hydrogen-bond acceptors (Lipinski definition) is 3. The van der Waals surface area contributed by atoms with Crippen molar-refractivity contribution < 1.29 is 18.3 Å². The molecule has 0 bridgehead atoms. The number of halogens is 4. The number of aliphatic hydroxyl groups is 1. The van der Waals surface area contributed by atoms with Crippen LogP contribution in [-0.2, 0) is 6.42 Å². The molecule has 2 aromatic heterocycles. The average molecular weight is 282 g/mol. The topological polar surface area (TPSA) is 33.1 Å². The second kappa shape index (κ2) is 4.44. The molecular formula is C10H7ClF3NOS. The minimum Gasteiger partial charge on any atom is -0.383 e. The maximum atomic E-state index is 12.2. The van der Waals surface area contributed by atoms with Gasteiger partial charge in [-0.05, 0) is 18.2 Å². The summed E-state index contributed by atoms with van der Waals surface area (Å²) in [5.41, 5.74) is 0.548. The standard InChI is InChI=1S/C10H7ClF3NOS/c11-9-2-1-7-6(15-9)3-5(17-7)4-8(16)10(12,13)14/h1-3,8,16H,4H2. The van der Waals surface area contributed by atoms with Crippen LogP contribution >= 0.6 is 22.9 Å². The van der Waals surface area contributed by atoms with Crippen LogP contribution in [0.25, 0.3) is 10.2 Å². The molecule has 0 amide bonds. The van der Waals surface area contributed by atoms with Crippen molar-refractivity contribution in [3.05, 3.63) is 28.2 Å². The zero-order valence-corrected chi connectivity index (χ0v) is 9.90. The quantitative estimate of drug-likeness (QED) is 0.856. The molecule has 2 heterocycles. The summed E-state index contributed by atoms with van der Waals surface area (Å²) >= 11 is 6.84. The van der Waals surface area contributed by atoms with Gasteiger partial charge in [-0.15, -0.1) is 11.3 Å². The zero-order chi connectivity index (χ0) is 12.6. The predicted molar refractivity (Wildman–Crippen MR) is 60.4 cm³/mol. The van der Waals surface area contributed by atoms with Crippen LogP contribution < -0.4 is 0 Å². The molecular weight excluding hydrogens is 275 g/mol. The Labute approximate surface area is 104 Å². The molecule has 2 aromatic rings. The highest BCUT2D eigenvalue weighted by atomic mass is 35.5. The molecule has 0 radical (unpaired) electrons. The van der Waals surface area contributed by atoms with E-state index in [-0.39, 0.29) is 0 Å². The van der Waals surface area contributed by atoms with Crippen molar-refractivity contribution in [2.45, 2.75) is 18.7 Å². The minimum absolute atomic E-state index is 0.290. The Kier molecular flexibility index (Phi) is 3.29. The number of nitrogens with zero attached hydrogens (tertiary/aromatic N) is 1. The number of aromatic nitrogens is 1. The highest BCUT2D eigenvalue weighted by molar-refractivity contribution is 7.19. The van der Waals surface area contributed by atoms with Crippen LogP contribution in [0.2, 0.25) is 5.15 Å². The SMILES string of the molecule is OC(Cc1cc2nc(Cl)ccc2s1)C(F)(F)F. The maximum absolute atomic E-state index is 12.2. The van der Waals surface area contributed by atoms with E-state index in [1.54, 1.807) is 12.1 Å². The average Bonchev–Trinajstić information content (AvgIpc) is 2.57. The van der Waals surface area contributed by atoms with Crippen molar-refractivity contribution in [1.29, 1.82) is 0 Å². The third-order valence-corrected chi connectivity index (χ3v) is 3.49. The predicted octanol–water partition coefficient (Wildman–Crippen LogP) is 3.42. The van der Waals surface area contributed by atoms with Crippen molar-refractivity contribution in [2.75, 3.05) is 0 Å². The normalized spacial score (nSPS) is 14.2. The van der Waals surface area contributed by atoms with Crippen molar-refractivity contribution in [3.63, 3.8) is 0 Å². The largest absolute Gasteiger partial charge is 0.414 e. The Morgan fingerprint density at radius 2 is 2.12 bits per heavy atom. The van der Waals surface area contributed by atoms with Gasteiger partial charge in [0, 0.05) is 11.3 Å². The highest BCUT2D eigenvalue weighted by Gasteiger charge is 2.38. The van der Waals surface area contributed by atoms with Gasteiger partial charge in [-0.1, -0.05) is 11.6 Å². The van der Waals surface area contributed by atoms with Crippen LogP contribution in [0, 0.1) is 0 Å². The van der Waals surface area contributed by atoms with E-state index in [1.807, 2.05) is 0 Å². The van der Waals surface area contributed by atoms with Crippen LogP contribution in [0.15, 0.2) is 18.2 Å². The lowest BCUT2D eigenvalue weighted by atomic mass is 10.2. The molecule has 0 aliphatic carbocycles. The van der Waals surface area contributed by atoms with E-state index in [0.717, 1.165) is 4.70 Å². The Morgan fingerprint density at radius 1 is 1.41 bits per heavy atom. The van der Waals surface area contributed by atoms with Gasteiger partial charge >= 0.3 is 6.18 Å². The van der Waals surface area contributed by atoms with Crippen LogP contribution in [-0.4, -0.2) is 22.4 Å². The van der Waals surface area contributed by atoms with Gasteiger partial charge in [-0.2, -0.15) is 13.2 Å². The van der Waals surface area contributed by atoms with E-state index in [2.05, 4.69) is 4.98 Å². The van der Waals surface area contributed by atoms with Crippen LogP contribution in [0.5, 0.6) is 0 Å². The van der Waals surface area contributed by atoms with Gasteiger partial charge in [0.25, 0.3) is 0 Å². The van der Waals surface area contributed by atoms with Crippen molar-refractivity contribution >= 4 is 33.2 Å². The van der Waals surface area contributed by atoms with E-state index < -0.39 is 18.7 Å². The molecule has 17 heavy (non-hydrogen) atoms. The first-order chi connectivity index (χ1) is 7.86. The smallest absolute Gasteiger partial charge is 0.383 e. The third-order valence-electron chi connectivity index (χ3n) is 2.16. The second-order valence-electron chi connectivity index (χ2n) is 3.49. The molecule has 7 heteroatoms. The van der Waals surface area contributed by atoms with Gasteiger partial charge < -0.3 is 5.11 Å². The minimum atomic E-state index is -4.60. The van der Waals surface area contributed by atoms with E-state index >= 15 is 0 Å². The van der Waals surface area contributed by atoms with E-state index in [4.69, 9.17) is 16.7 Å². The lowest BCUT2D eigenvalue weighted by molar-refractivity contribution is -0.202. The fourth-order valence-electron chi connectivity index (χ4n) is 1.36. The van der Waals surface area contributed by atoms with Gasteiger partial charge in [0.05, 0.1) is 10.2 Å². The molecule has 0 aliphatic rings. The molecule has 0 aliphatic heterocycles. The fraction of sp³-hybridized carbons (Fsp3) is 0.300. The molecule has 1 atom stereocenters. The van der Waals surface area contributed by atoms with Gasteiger partial charge in [-0.25, -0.2) is 4.98 Å². The molecule has 0 aromatic carbocycles. The molecule has 2 rings (SSSR count). The summed E-state index contributed by atoms with van der Waals surface area (Å²) in [5.74, 6) is 0. The third kappa shape index (κ3) is 2.88. The summed E-state index contributed by atoms with van der Waals surface area (Å²) in [5, 5.41) is 9.24. The molecule has 0 saturated carbocycles. The van der Waals surface area contributed by atoms with Crippen LogP contribution in [0.4, 0.5) is 13.2 Å². The molecule has 0 fully saturated rings. The Balaban J connectivity index is 2.25. The maximum Gasteiger partial charge on any atom is 0.414 e. The number of alkyl halides is 3. The van der Waals surface area contributed by atoms with Crippen LogP contribution in [0.3, 0.4) is 0 Å². The second-order valence-corrected chi connectivity index (χ2v) is 5.05. The van der Waals surface area contributed by atoms with Crippen molar-refractivity contribution in [2.24, 2.45) is 0 Å². The lowest BCUT2D eigenvalue weighted by Gasteiger charge is -2.12. The summed E-state index contributed by atoms with van der Waals surface area (Å²) in [4.78, 5) is 4.41. The molecule has 2 nitrogen and oxygen atoms in total. The zero-order valence-electron chi connectivity index (χ0n) is 8.33. The first-order valence-corrected chi connectivity index (χ1v) is 5.85. The van der Waals surface area contributed by atoms with Gasteiger partial charge in [0.1, 0.15) is 5.15 Å². The highest BCUT2D eigenvalue weighted by Crippen LogP contribution is 2.29. The van der Waals surface area contributed by atoms with E-state index in [0.29, 0.717) is 15.5 Å². The van der Waals surface area contributed by atoms with Gasteiger partial charge in [0.2, 0.25) is 0 Å². The molecule has 1 N–H and O–H groups in total. The summed E-state index contributed by atoms with van der Waals surface area (Å²) < 4.78 is 37.3. The first-order valence-electron chi connectivity index (χ1n) is 4.66. The van der Waals surface area contributed by atoms with E-state index in [1.165, 1.54) is 17.4 Å². The Bertz CT molecular complexity index is 540. The number of rotatable bonds is 2. The lowest BCUT2D eigenvalue weighted by Crippen LogP contribution is -2.30. The van der Waals surface area contributed by atoms with Crippen molar-refractivity contribution in [3.8, 4) is 0 Å². The molecule has 92 valence electrons. The Morgan fingerprint density at radius 3 is 2.76 bits per heavy atom. The first kappa shape index (κ1) is 12.6. The molecule has 1 unspecified atom stereocenters. The molecule has 0 saturated heterocycles. The number of thiophene rings is 1. The molecule has 0 spiro atoms. The van der Waals surface area contributed by atoms with Crippen LogP contribution in [0.1, 0.15) is 4.88 Å². The number of aliphatic hydroxyl groups excluding tert-OH is 1. The monoisotopic (exact) mass is 281 g/mol. The number of pyridine rings is 1. The van der Waals surface area contributed by atoms with Gasteiger partial charge in [0.15, 0.2) is 6.10 Å². The van der Waals surface area contributed by atoms with Gasteiger partial charge in [-0.3, -0.25) is 0 Å². The fourth-order valence-corrected chi connectivity index (χ4v) is 2.55. The Hall–Kier alpha value is -0.850. The summed E-state index contributed by atoms with van der Waals surface area (Å²) in [6.45, 7) is 0. The van der Waals surface area contributed by atoms with E-state index in [9.17, 15) is 13.2 Å². The summed E-state index contributed by atoms with van der Waals surface area (Å²) in [7, 11) is 0. The van der Waals surface area contributed by atoms with Crippen molar-refractivity contribution in [1.82, 2.24) is 4.98 Å². The summed E-state index contributed by atoms with van der Waals surface area (Å²) in [6, 6.07) is 4.78.